The Hall–Kier alpha value is -1.26. The first-order valence-corrected chi connectivity index (χ1v) is 5.17. The van der Waals surface area contributed by atoms with Crippen molar-refractivity contribution < 1.29 is 14.7 Å². The van der Waals surface area contributed by atoms with Crippen molar-refractivity contribution in [2.75, 3.05) is 0 Å². The minimum absolute atomic E-state index is 0.276. The predicted octanol–water partition coefficient (Wildman–Crippen LogP) is 2.26. The van der Waals surface area contributed by atoms with Gasteiger partial charge in [0.15, 0.2) is 0 Å². The van der Waals surface area contributed by atoms with Gasteiger partial charge in [-0.05, 0) is 12.1 Å². The van der Waals surface area contributed by atoms with E-state index < -0.39 is 12.0 Å². The molecular weight excluding hydrogens is 253 g/mol. The summed E-state index contributed by atoms with van der Waals surface area (Å²) in [6, 6.07) is 4.09. The molecule has 0 spiro atoms. The fraction of sp³-hybridized carbons (Fsp3) is 0.200. The van der Waals surface area contributed by atoms with Crippen molar-refractivity contribution in [3.63, 3.8) is 0 Å². The van der Waals surface area contributed by atoms with E-state index in [0.29, 0.717) is 22.0 Å². The van der Waals surface area contributed by atoms with Gasteiger partial charge in [-0.2, -0.15) is 0 Å². The third-order valence-electron chi connectivity index (χ3n) is 2.00. The lowest BCUT2D eigenvalue weighted by Crippen LogP contribution is -2.23. The van der Waals surface area contributed by atoms with Crippen molar-refractivity contribution in [1.82, 2.24) is 5.32 Å². The Balaban J connectivity index is 3.09. The first-order valence-electron chi connectivity index (χ1n) is 4.41. The zero-order chi connectivity index (χ0) is 12.1. The van der Waals surface area contributed by atoms with Gasteiger partial charge < -0.3 is 10.4 Å². The van der Waals surface area contributed by atoms with E-state index in [1.165, 1.54) is 0 Å². The average molecular weight is 262 g/mol. The van der Waals surface area contributed by atoms with Gasteiger partial charge in [-0.15, -0.1) is 0 Å². The molecule has 1 amide bonds. The monoisotopic (exact) mass is 261 g/mol. The number of amides is 1. The van der Waals surface area contributed by atoms with Gasteiger partial charge in [0, 0.05) is 15.6 Å². The number of aliphatic carboxylic acids is 1. The molecule has 0 aromatic heterocycles. The van der Waals surface area contributed by atoms with Crippen LogP contribution in [0.2, 0.25) is 10.0 Å². The molecular formula is C10H9Cl2NO3. The summed E-state index contributed by atoms with van der Waals surface area (Å²) in [6.45, 7) is 0. The summed E-state index contributed by atoms with van der Waals surface area (Å²) in [4.78, 5) is 21.0. The molecule has 0 fully saturated rings. The van der Waals surface area contributed by atoms with Crippen LogP contribution in [0.5, 0.6) is 0 Å². The van der Waals surface area contributed by atoms with Crippen molar-refractivity contribution in [3.05, 3.63) is 33.8 Å². The van der Waals surface area contributed by atoms with Crippen LogP contribution in [-0.4, -0.2) is 17.5 Å². The highest BCUT2D eigenvalue weighted by atomic mass is 35.5. The van der Waals surface area contributed by atoms with Gasteiger partial charge in [0.1, 0.15) is 0 Å². The number of rotatable bonds is 5. The van der Waals surface area contributed by atoms with Crippen LogP contribution in [0.4, 0.5) is 0 Å². The standard InChI is InChI=1S/C10H9Cl2NO3/c11-6-2-1-3-7(12)10(6)8(13-5-14)4-9(15)16/h1-3,5,8H,4H2,(H,13,14)(H,15,16). The Morgan fingerprint density at radius 3 is 2.44 bits per heavy atom. The van der Waals surface area contributed by atoms with Crippen molar-refractivity contribution in [3.8, 4) is 0 Å². The molecule has 0 heterocycles. The topological polar surface area (TPSA) is 66.4 Å². The number of carbonyl (C=O) groups excluding carboxylic acids is 1. The molecule has 1 aromatic rings. The third-order valence-corrected chi connectivity index (χ3v) is 2.66. The van der Waals surface area contributed by atoms with Gasteiger partial charge in [-0.1, -0.05) is 29.3 Å². The summed E-state index contributed by atoms with van der Waals surface area (Å²) >= 11 is 11.8. The second kappa shape index (κ2) is 5.72. The lowest BCUT2D eigenvalue weighted by Gasteiger charge is -2.17. The van der Waals surface area contributed by atoms with E-state index in [1.807, 2.05) is 0 Å². The number of hydrogen-bond donors (Lipinski definition) is 2. The van der Waals surface area contributed by atoms with Crippen LogP contribution >= 0.6 is 23.2 Å². The second-order valence-corrected chi connectivity index (χ2v) is 3.88. The van der Waals surface area contributed by atoms with Crippen molar-refractivity contribution in [1.29, 1.82) is 0 Å². The Labute approximate surface area is 102 Å². The quantitative estimate of drug-likeness (QED) is 0.800. The Morgan fingerprint density at radius 2 is 2.00 bits per heavy atom. The van der Waals surface area contributed by atoms with Gasteiger partial charge in [0.05, 0.1) is 12.5 Å². The van der Waals surface area contributed by atoms with Crippen molar-refractivity contribution in [2.45, 2.75) is 12.5 Å². The molecule has 16 heavy (non-hydrogen) atoms. The lowest BCUT2D eigenvalue weighted by molar-refractivity contribution is -0.137. The van der Waals surface area contributed by atoms with E-state index in [0.717, 1.165) is 0 Å². The molecule has 0 saturated heterocycles. The molecule has 0 aliphatic rings. The molecule has 0 aliphatic heterocycles. The highest BCUT2D eigenvalue weighted by Gasteiger charge is 2.20. The SMILES string of the molecule is O=CNC(CC(=O)O)c1c(Cl)cccc1Cl. The van der Waals surface area contributed by atoms with Crippen LogP contribution in [0, 0.1) is 0 Å². The third kappa shape index (κ3) is 3.12. The van der Waals surface area contributed by atoms with E-state index in [9.17, 15) is 9.59 Å². The van der Waals surface area contributed by atoms with Gasteiger partial charge >= 0.3 is 5.97 Å². The number of hydrogen-bond acceptors (Lipinski definition) is 2. The zero-order valence-corrected chi connectivity index (χ0v) is 9.63. The number of halogens is 2. The molecule has 1 rings (SSSR count). The van der Waals surface area contributed by atoms with Crippen LogP contribution in [0.25, 0.3) is 0 Å². The highest BCUT2D eigenvalue weighted by Crippen LogP contribution is 2.31. The number of carbonyl (C=O) groups is 2. The summed E-state index contributed by atoms with van der Waals surface area (Å²) < 4.78 is 0. The average Bonchev–Trinajstić information content (AvgIpc) is 2.16. The predicted molar refractivity (Wildman–Crippen MR) is 60.7 cm³/mol. The number of nitrogens with one attached hydrogen (secondary N) is 1. The van der Waals surface area contributed by atoms with E-state index in [4.69, 9.17) is 28.3 Å². The minimum atomic E-state index is -1.05. The normalized spacial score (nSPS) is 11.9. The summed E-state index contributed by atoms with van der Waals surface area (Å²) in [7, 11) is 0. The molecule has 0 saturated carbocycles. The second-order valence-electron chi connectivity index (χ2n) is 3.07. The van der Waals surface area contributed by atoms with E-state index in [-0.39, 0.29) is 6.42 Å². The number of carboxylic acids is 1. The molecule has 1 aromatic carbocycles. The van der Waals surface area contributed by atoms with Gasteiger partial charge in [0.25, 0.3) is 0 Å². The fourth-order valence-corrected chi connectivity index (χ4v) is 2.01. The molecule has 6 heteroatoms. The minimum Gasteiger partial charge on any atom is -0.481 e. The summed E-state index contributed by atoms with van der Waals surface area (Å²) in [5.41, 5.74) is 0.417. The maximum Gasteiger partial charge on any atom is 0.305 e. The summed E-state index contributed by atoms with van der Waals surface area (Å²) in [6.07, 6.45) is 0.148. The smallest absolute Gasteiger partial charge is 0.305 e. The summed E-state index contributed by atoms with van der Waals surface area (Å²) in [5, 5.41) is 11.7. The number of benzene rings is 1. The largest absolute Gasteiger partial charge is 0.481 e. The van der Waals surface area contributed by atoms with Crippen molar-refractivity contribution >= 4 is 35.6 Å². The Bertz CT molecular complexity index is 389. The zero-order valence-electron chi connectivity index (χ0n) is 8.11. The molecule has 1 unspecified atom stereocenters. The van der Waals surface area contributed by atoms with Gasteiger partial charge in [-0.3, -0.25) is 9.59 Å². The fourth-order valence-electron chi connectivity index (χ4n) is 1.34. The maximum absolute atomic E-state index is 10.6. The molecule has 2 N–H and O–H groups in total. The Morgan fingerprint density at radius 1 is 1.44 bits per heavy atom. The van der Waals surface area contributed by atoms with E-state index in [2.05, 4.69) is 5.32 Å². The Kier molecular flexibility index (Phi) is 4.58. The molecule has 0 radical (unpaired) electrons. The van der Waals surface area contributed by atoms with Crippen LogP contribution in [-0.2, 0) is 9.59 Å². The molecule has 4 nitrogen and oxygen atoms in total. The lowest BCUT2D eigenvalue weighted by atomic mass is 10.0. The van der Waals surface area contributed by atoms with Gasteiger partial charge in [-0.25, -0.2) is 0 Å². The first kappa shape index (κ1) is 12.8. The highest BCUT2D eigenvalue weighted by molar-refractivity contribution is 6.36. The van der Waals surface area contributed by atoms with Crippen LogP contribution in [0.3, 0.4) is 0 Å². The molecule has 1 atom stereocenters. The maximum atomic E-state index is 10.6. The van der Waals surface area contributed by atoms with E-state index >= 15 is 0 Å². The van der Waals surface area contributed by atoms with Crippen LogP contribution in [0.15, 0.2) is 18.2 Å². The van der Waals surface area contributed by atoms with E-state index in [1.54, 1.807) is 18.2 Å². The molecule has 0 bridgehead atoms. The first-order chi connectivity index (χ1) is 7.56. The molecule has 0 aliphatic carbocycles. The number of carboxylic acid groups (broad SMARTS) is 1. The van der Waals surface area contributed by atoms with Gasteiger partial charge in [0.2, 0.25) is 6.41 Å². The summed E-state index contributed by atoms with van der Waals surface area (Å²) in [5.74, 6) is -1.05. The van der Waals surface area contributed by atoms with Crippen LogP contribution in [0.1, 0.15) is 18.0 Å². The molecule has 86 valence electrons. The van der Waals surface area contributed by atoms with Crippen LogP contribution < -0.4 is 5.32 Å². The van der Waals surface area contributed by atoms with Crippen molar-refractivity contribution in [2.24, 2.45) is 0 Å².